The normalized spacial score (nSPS) is 13.7. The summed E-state index contributed by atoms with van der Waals surface area (Å²) in [5.41, 5.74) is 4.94. The van der Waals surface area contributed by atoms with Crippen LogP contribution in [-0.2, 0) is 23.3 Å². The first-order valence-corrected chi connectivity index (χ1v) is 44.8. The molecule has 0 amide bonds. The molecular weight excluding hydrogens is 904 g/mol. The summed E-state index contributed by atoms with van der Waals surface area (Å²) in [7, 11) is -6.80. The zero-order chi connectivity index (χ0) is 34.5. The van der Waals surface area contributed by atoms with Gasteiger partial charge in [-0.2, -0.15) is 0 Å². The third-order valence-electron chi connectivity index (χ3n) is 7.11. The van der Waals surface area contributed by atoms with E-state index < -0.39 is 56.5 Å². The summed E-state index contributed by atoms with van der Waals surface area (Å²) >= 11 is 8.66. The van der Waals surface area contributed by atoms with Crippen molar-refractivity contribution in [3.05, 3.63) is 41.4 Å². The van der Waals surface area contributed by atoms with Gasteiger partial charge in [-0.3, -0.25) is 19.7 Å². The Balaban J connectivity index is -0.00000139. The molecule has 0 aliphatic carbocycles. The van der Waals surface area contributed by atoms with E-state index >= 15 is 0 Å². The van der Waals surface area contributed by atoms with Crippen LogP contribution in [0.15, 0.2) is 12.1 Å². The van der Waals surface area contributed by atoms with Crippen molar-refractivity contribution in [2.24, 2.45) is 0 Å². The van der Waals surface area contributed by atoms with E-state index in [1.165, 1.54) is 19.7 Å². The molecule has 1 aromatic rings. The summed E-state index contributed by atoms with van der Waals surface area (Å²) in [6.07, 6.45) is 0. The van der Waals surface area contributed by atoms with Crippen molar-refractivity contribution < 1.29 is 0 Å². The zero-order valence-electron chi connectivity index (χ0n) is 32.2. The summed E-state index contributed by atoms with van der Waals surface area (Å²) in [5, 5.41) is 2.32. The minimum absolute atomic E-state index is 0. The summed E-state index contributed by atoms with van der Waals surface area (Å²) in [6.45, 7) is 57.6. The van der Waals surface area contributed by atoms with Crippen LogP contribution in [0.1, 0.15) is 32.2 Å². The van der Waals surface area contributed by atoms with Crippen LogP contribution in [-0.4, -0.2) is 83.8 Å². The molecule has 0 saturated carbocycles. The summed E-state index contributed by atoms with van der Waals surface area (Å²) in [4.78, 5) is 0. The minimum Gasteiger partial charge on any atom is -0.709 e. The fourth-order valence-electron chi connectivity index (χ4n) is 7.88. The summed E-state index contributed by atoms with van der Waals surface area (Å²) in [6, 6.07) is 9.65. The van der Waals surface area contributed by atoms with E-state index in [2.05, 4.69) is 186 Å². The van der Waals surface area contributed by atoms with Crippen LogP contribution < -0.4 is 0 Å². The first-order valence-electron chi connectivity index (χ1n) is 15.6. The molecule has 12 heteroatoms. The molecule has 0 nitrogen and oxygen atoms in total. The molecule has 0 heterocycles. The van der Waals surface area contributed by atoms with E-state index in [1.54, 1.807) is 16.7 Å². The largest absolute Gasteiger partial charge is 2.00 e. The van der Waals surface area contributed by atoms with Crippen molar-refractivity contribution in [1.29, 1.82) is 0 Å². The van der Waals surface area contributed by atoms with Crippen LogP contribution in [0, 0.1) is 12.6 Å². The van der Waals surface area contributed by atoms with Gasteiger partial charge in [-0.1, -0.05) is 156 Å². The fourth-order valence-corrected chi connectivity index (χ4v) is 45.7. The maximum absolute atomic E-state index is 4.33. The quantitative estimate of drug-likeness (QED) is 0.130. The van der Waals surface area contributed by atoms with Gasteiger partial charge in [0.25, 0.3) is 0 Å². The second-order valence-electron chi connectivity index (χ2n) is 20.0. The Bertz CT molecular complexity index is 773. The van der Waals surface area contributed by atoms with Gasteiger partial charge in [0, 0.05) is 56.5 Å². The van der Waals surface area contributed by atoms with Crippen LogP contribution in [0.3, 0.4) is 0 Å². The van der Waals surface area contributed by atoms with E-state index in [9.17, 15) is 0 Å². The number of rotatable bonds is 10. The van der Waals surface area contributed by atoms with Crippen molar-refractivity contribution in [2.45, 2.75) is 153 Å². The third kappa shape index (κ3) is 20.4. The van der Waals surface area contributed by atoms with Gasteiger partial charge in [-0.15, -0.1) is 0 Å². The number of benzene rings is 1. The molecule has 0 aliphatic rings. The Labute approximate surface area is 317 Å². The fraction of sp³-hybridized carbons (Fsp3) is 0.774. The maximum Gasteiger partial charge on any atom is 2.00 e. The molecule has 4 radical (unpaired) electrons. The average molecular weight is 975 g/mol. The van der Waals surface area contributed by atoms with Crippen LogP contribution in [0.5, 0.6) is 0 Å². The molecule has 0 aromatic heterocycles. The van der Waals surface area contributed by atoms with Gasteiger partial charge in [0.2, 0.25) is 0 Å². The van der Waals surface area contributed by atoms with E-state index in [0.717, 1.165) is 15.5 Å². The molecule has 250 valence electrons. The SMILES string of the molecule is C[Si](C)(C)C(c1[c]c(C([Si](C)(C)C)[Si](C)(C)C)cc(C([Si](C)(C)C)[Si](C)(C)C)c1)[Si](C)(C)C.[CH2][Si](C)(C)C.[Pb+2].[S-]SS[S-]. The van der Waals surface area contributed by atoms with Crippen LogP contribution in [0.25, 0.3) is 0 Å². The average Bonchev–Trinajstić information content (AvgIpc) is 2.59. The molecule has 1 rings (SSSR count). The molecular formula is C31H70PbS4Si7. The van der Waals surface area contributed by atoms with E-state index in [0.29, 0.717) is 0 Å². The van der Waals surface area contributed by atoms with Gasteiger partial charge < -0.3 is 23.3 Å². The van der Waals surface area contributed by atoms with Crippen molar-refractivity contribution in [3.63, 3.8) is 0 Å². The first-order chi connectivity index (χ1) is 18.1. The zero-order valence-corrected chi connectivity index (χ0v) is 46.4. The van der Waals surface area contributed by atoms with Gasteiger partial charge in [0.05, 0.1) is 0 Å². The summed E-state index contributed by atoms with van der Waals surface area (Å²) < 4.78 is 0. The maximum atomic E-state index is 4.33. The van der Waals surface area contributed by atoms with Crippen LogP contribution in [0.2, 0.25) is 137 Å². The first kappa shape index (κ1) is 50.4. The second-order valence-corrected chi connectivity index (χ2v) is 62.3. The van der Waals surface area contributed by atoms with Crippen molar-refractivity contribution >= 4 is 127 Å². The third-order valence-corrected chi connectivity index (χ3v) is 37.2. The van der Waals surface area contributed by atoms with Gasteiger partial charge >= 0.3 is 27.3 Å². The molecule has 0 aliphatic heterocycles. The van der Waals surface area contributed by atoms with Gasteiger partial charge in [0.15, 0.2) is 0 Å². The van der Waals surface area contributed by atoms with E-state index in [1.807, 2.05) is 0 Å². The van der Waals surface area contributed by atoms with Gasteiger partial charge in [-0.25, -0.2) is 0 Å². The van der Waals surface area contributed by atoms with Gasteiger partial charge in [0.1, 0.15) is 0 Å². The molecule has 43 heavy (non-hydrogen) atoms. The predicted molar refractivity (Wildman–Crippen MR) is 238 cm³/mol. The molecule has 0 saturated heterocycles. The monoisotopic (exact) mass is 974 g/mol. The second kappa shape index (κ2) is 18.9. The van der Waals surface area contributed by atoms with E-state index in [4.69, 9.17) is 0 Å². The Morgan fingerprint density at radius 1 is 0.488 bits per heavy atom. The van der Waals surface area contributed by atoms with E-state index in [-0.39, 0.29) is 27.3 Å². The molecule has 0 spiro atoms. The Kier molecular flexibility index (Phi) is 22.2. The number of hydrogen-bond donors (Lipinski definition) is 0. The minimum atomic E-state index is -1.39. The molecule has 0 bridgehead atoms. The smallest absolute Gasteiger partial charge is 0.709 e. The van der Waals surface area contributed by atoms with Crippen LogP contribution in [0.4, 0.5) is 0 Å². The topological polar surface area (TPSA) is 0 Å². The molecule has 0 N–H and O–H groups in total. The molecule has 0 atom stereocenters. The molecule has 0 unspecified atom stereocenters. The van der Waals surface area contributed by atoms with Crippen molar-refractivity contribution in [1.82, 2.24) is 0 Å². The number of hydrogen-bond acceptors (Lipinski definition) is 4. The predicted octanol–water partition coefficient (Wildman–Crippen LogP) is 12.6. The summed E-state index contributed by atoms with van der Waals surface area (Å²) in [5.74, 6) is 0. The Morgan fingerprint density at radius 2 is 0.674 bits per heavy atom. The van der Waals surface area contributed by atoms with Crippen molar-refractivity contribution in [3.8, 4) is 0 Å². The molecule has 1 aromatic carbocycles. The Morgan fingerprint density at radius 3 is 0.814 bits per heavy atom. The molecule has 0 fully saturated rings. The van der Waals surface area contributed by atoms with Gasteiger partial charge in [-0.05, 0) is 38.3 Å². The van der Waals surface area contributed by atoms with Crippen molar-refractivity contribution in [2.75, 3.05) is 0 Å². The Hall–Kier alpha value is 3.06. The van der Waals surface area contributed by atoms with Crippen LogP contribution >= 0.6 is 19.7 Å². The standard InChI is InChI=1S/C27H59Si6.C4H11Si.Pb.H2S4/c1-28(2,3)25(29(4,5)6)22-19-23(26(30(7,8)9)31(10,11)12)21-24(20-22)27(32(13,14)15)33(16,17)18;1-5(2,3)4;;1-3-4-2/h19-20,25-27H,1-18H3;1H2,2-4H3;;1-2H/q;;+2;/p-2.